The molecule has 2 rings (SSSR count). The Bertz CT molecular complexity index is 556. The fourth-order valence-electron chi connectivity index (χ4n) is 1.43. The van der Waals surface area contributed by atoms with Gasteiger partial charge in [-0.15, -0.1) is 0 Å². The summed E-state index contributed by atoms with van der Waals surface area (Å²) >= 11 is 0. The molecule has 4 nitrogen and oxygen atoms in total. The van der Waals surface area contributed by atoms with Crippen molar-refractivity contribution in [2.24, 2.45) is 0 Å². The fraction of sp³-hybridized carbons (Fsp3) is 0. The summed E-state index contributed by atoms with van der Waals surface area (Å²) in [6.07, 6.45) is 3.58. The summed E-state index contributed by atoms with van der Waals surface area (Å²) in [5.41, 5.74) is 1.02. The van der Waals surface area contributed by atoms with Gasteiger partial charge in [0.2, 0.25) is 0 Å². The van der Waals surface area contributed by atoms with Crippen molar-refractivity contribution >= 4 is 18.3 Å². The summed E-state index contributed by atoms with van der Waals surface area (Å²) in [7, 11) is 0. The minimum absolute atomic E-state index is 0.163. The number of furan rings is 1. The third kappa shape index (κ3) is 2.95. The van der Waals surface area contributed by atoms with Gasteiger partial charge in [0, 0.05) is 0 Å². The Kier molecular flexibility index (Phi) is 3.71. The van der Waals surface area contributed by atoms with Crippen molar-refractivity contribution in [2.45, 2.75) is 0 Å². The normalized spacial score (nSPS) is 11.0. The van der Waals surface area contributed by atoms with Crippen LogP contribution in [0.15, 0.2) is 58.8 Å². The molecule has 0 aliphatic rings. The van der Waals surface area contributed by atoms with E-state index in [-0.39, 0.29) is 11.5 Å². The highest BCUT2D eigenvalue weighted by molar-refractivity contribution is 5.97. The minimum Gasteiger partial charge on any atom is -0.459 e. The number of benzene rings is 1. The number of nitrogens with one attached hydrogen (secondary N) is 1. The highest BCUT2D eigenvalue weighted by Crippen LogP contribution is 2.05. The zero-order valence-electron chi connectivity index (χ0n) is 9.50. The molecule has 1 amide bonds. The van der Waals surface area contributed by atoms with E-state index < -0.39 is 5.91 Å². The molecular formula is C14H11NO3. The Morgan fingerprint density at radius 3 is 2.50 bits per heavy atom. The van der Waals surface area contributed by atoms with Crippen LogP contribution < -0.4 is 5.32 Å². The molecular weight excluding hydrogens is 230 g/mol. The van der Waals surface area contributed by atoms with E-state index in [1.165, 1.54) is 12.3 Å². The maximum atomic E-state index is 11.7. The lowest BCUT2D eigenvalue weighted by Gasteiger charge is -2.02. The summed E-state index contributed by atoms with van der Waals surface area (Å²) in [5, 5.41) is 2.48. The molecule has 0 atom stereocenters. The molecule has 0 bridgehead atoms. The van der Waals surface area contributed by atoms with Crippen LogP contribution in [-0.2, 0) is 4.79 Å². The molecule has 4 heteroatoms. The Morgan fingerprint density at radius 2 is 1.89 bits per heavy atom. The maximum Gasteiger partial charge on any atom is 0.291 e. The summed E-state index contributed by atoms with van der Waals surface area (Å²) in [4.78, 5) is 22.6. The third-order valence-corrected chi connectivity index (χ3v) is 2.25. The molecule has 1 aromatic carbocycles. The molecule has 1 aromatic heterocycles. The molecule has 1 N–H and O–H groups in total. The second kappa shape index (κ2) is 5.63. The van der Waals surface area contributed by atoms with Crippen molar-refractivity contribution in [1.29, 1.82) is 0 Å². The van der Waals surface area contributed by atoms with Gasteiger partial charge in [-0.3, -0.25) is 9.59 Å². The van der Waals surface area contributed by atoms with E-state index in [9.17, 15) is 9.59 Å². The van der Waals surface area contributed by atoms with Gasteiger partial charge in [-0.2, -0.15) is 0 Å². The zero-order valence-corrected chi connectivity index (χ0v) is 9.50. The van der Waals surface area contributed by atoms with Crippen LogP contribution in [0.4, 0.5) is 0 Å². The van der Waals surface area contributed by atoms with E-state index in [1.54, 1.807) is 12.1 Å². The van der Waals surface area contributed by atoms with Crippen LogP contribution >= 0.6 is 0 Å². The van der Waals surface area contributed by atoms with E-state index >= 15 is 0 Å². The van der Waals surface area contributed by atoms with Crippen LogP contribution in [0.5, 0.6) is 0 Å². The van der Waals surface area contributed by atoms with E-state index in [0.717, 1.165) is 5.56 Å². The van der Waals surface area contributed by atoms with Gasteiger partial charge >= 0.3 is 0 Å². The number of allylic oxidation sites excluding steroid dienone is 1. The largest absolute Gasteiger partial charge is 0.459 e. The summed E-state index contributed by atoms with van der Waals surface area (Å²) in [6, 6.07) is 12.4. The van der Waals surface area contributed by atoms with Crippen LogP contribution in [0.2, 0.25) is 0 Å². The second-order valence-electron chi connectivity index (χ2n) is 3.56. The van der Waals surface area contributed by atoms with Gasteiger partial charge in [0.1, 0.15) is 0 Å². The van der Waals surface area contributed by atoms with Crippen LogP contribution in [0.1, 0.15) is 16.1 Å². The van der Waals surface area contributed by atoms with Gasteiger partial charge in [0.15, 0.2) is 12.0 Å². The predicted octanol–water partition coefficient (Wildman–Crippen LogP) is 2.25. The zero-order chi connectivity index (χ0) is 12.8. The lowest BCUT2D eigenvalue weighted by Crippen LogP contribution is -2.22. The average molecular weight is 241 g/mol. The molecule has 1 heterocycles. The van der Waals surface area contributed by atoms with Gasteiger partial charge in [-0.05, 0) is 23.8 Å². The summed E-state index contributed by atoms with van der Waals surface area (Å²) in [5.74, 6) is -0.287. The SMILES string of the molecule is O=CC(=Cc1ccccc1)NC(=O)c1ccco1. The molecule has 2 aromatic rings. The van der Waals surface area contributed by atoms with Gasteiger partial charge in [0.05, 0.1) is 12.0 Å². The standard InChI is InChI=1S/C14H11NO3/c16-10-12(9-11-5-2-1-3-6-11)15-14(17)13-7-4-8-18-13/h1-10H,(H,15,17). The number of hydrogen-bond acceptors (Lipinski definition) is 3. The molecule has 0 unspecified atom stereocenters. The number of amides is 1. The van der Waals surface area contributed by atoms with E-state index in [2.05, 4.69) is 5.32 Å². The van der Waals surface area contributed by atoms with Crippen molar-refractivity contribution in [1.82, 2.24) is 5.32 Å². The van der Waals surface area contributed by atoms with Crippen molar-refractivity contribution in [3.8, 4) is 0 Å². The first-order valence-electron chi connectivity index (χ1n) is 5.36. The first kappa shape index (κ1) is 11.9. The minimum atomic E-state index is -0.450. The lowest BCUT2D eigenvalue weighted by molar-refractivity contribution is -0.105. The Balaban J connectivity index is 2.13. The third-order valence-electron chi connectivity index (χ3n) is 2.25. The Hall–Kier alpha value is -2.62. The lowest BCUT2D eigenvalue weighted by atomic mass is 10.2. The second-order valence-corrected chi connectivity index (χ2v) is 3.56. The Morgan fingerprint density at radius 1 is 1.11 bits per heavy atom. The fourth-order valence-corrected chi connectivity index (χ4v) is 1.43. The molecule has 90 valence electrons. The molecule has 0 aliphatic carbocycles. The van der Waals surface area contributed by atoms with E-state index in [4.69, 9.17) is 4.42 Å². The van der Waals surface area contributed by atoms with Gasteiger partial charge in [-0.1, -0.05) is 30.3 Å². The molecule has 0 saturated carbocycles. The van der Waals surface area contributed by atoms with Gasteiger partial charge in [-0.25, -0.2) is 0 Å². The van der Waals surface area contributed by atoms with Crippen LogP contribution in [-0.4, -0.2) is 12.2 Å². The first-order valence-corrected chi connectivity index (χ1v) is 5.36. The number of rotatable bonds is 4. The van der Waals surface area contributed by atoms with Crippen molar-refractivity contribution < 1.29 is 14.0 Å². The summed E-state index contributed by atoms with van der Waals surface area (Å²) < 4.78 is 4.94. The molecule has 0 aliphatic heterocycles. The number of carbonyl (C=O) groups excluding carboxylic acids is 2. The molecule has 0 spiro atoms. The highest BCUT2D eigenvalue weighted by Gasteiger charge is 2.09. The number of hydrogen-bond donors (Lipinski definition) is 1. The van der Waals surface area contributed by atoms with Crippen molar-refractivity contribution in [3.05, 3.63) is 65.7 Å². The number of carbonyl (C=O) groups is 2. The first-order chi connectivity index (χ1) is 8.79. The van der Waals surface area contributed by atoms with E-state index in [0.29, 0.717) is 6.29 Å². The molecule has 0 saturated heterocycles. The maximum absolute atomic E-state index is 11.7. The highest BCUT2D eigenvalue weighted by atomic mass is 16.3. The van der Waals surface area contributed by atoms with Crippen LogP contribution in [0.3, 0.4) is 0 Å². The van der Waals surface area contributed by atoms with Crippen molar-refractivity contribution in [2.75, 3.05) is 0 Å². The topological polar surface area (TPSA) is 59.3 Å². The quantitative estimate of drug-likeness (QED) is 0.659. The Labute approximate surface area is 104 Å². The molecule has 18 heavy (non-hydrogen) atoms. The van der Waals surface area contributed by atoms with E-state index in [1.807, 2.05) is 30.3 Å². The smallest absolute Gasteiger partial charge is 0.291 e. The number of aldehydes is 1. The van der Waals surface area contributed by atoms with Gasteiger partial charge < -0.3 is 9.73 Å². The van der Waals surface area contributed by atoms with Crippen molar-refractivity contribution in [3.63, 3.8) is 0 Å². The predicted molar refractivity (Wildman–Crippen MR) is 66.7 cm³/mol. The molecule has 0 radical (unpaired) electrons. The summed E-state index contributed by atoms with van der Waals surface area (Å²) in [6.45, 7) is 0. The monoisotopic (exact) mass is 241 g/mol. The van der Waals surface area contributed by atoms with Crippen LogP contribution in [0, 0.1) is 0 Å². The van der Waals surface area contributed by atoms with Crippen LogP contribution in [0.25, 0.3) is 6.08 Å². The molecule has 0 fully saturated rings. The average Bonchev–Trinajstić information content (AvgIpc) is 2.93. The van der Waals surface area contributed by atoms with Gasteiger partial charge in [0.25, 0.3) is 5.91 Å².